The maximum absolute atomic E-state index is 3.47. The summed E-state index contributed by atoms with van der Waals surface area (Å²) in [5.74, 6) is 0. The first-order valence-electron chi connectivity index (χ1n) is 4.30. The summed E-state index contributed by atoms with van der Waals surface area (Å²) < 4.78 is 0. The molecule has 0 spiro atoms. The molecule has 2 saturated heterocycles. The van der Waals surface area contributed by atoms with Crippen molar-refractivity contribution in [2.75, 3.05) is 39.8 Å². The van der Waals surface area contributed by atoms with Gasteiger partial charge in [0.1, 0.15) is 0 Å². The monoisotopic (exact) mass is 156 g/mol. The van der Waals surface area contributed by atoms with Crippen molar-refractivity contribution in [2.24, 2.45) is 0 Å². The van der Waals surface area contributed by atoms with E-state index >= 15 is 0 Å². The van der Waals surface area contributed by atoms with Crippen molar-refractivity contribution in [3.05, 3.63) is 0 Å². The first-order chi connectivity index (χ1) is 5.40. The summed E-state index contributed by atoms with van der Waals surface area (Å²) in [7, 11) is 1.99. The molecule has 0 aromatic carbocycles. The smallest absolute Gasteiger partial charge is 0.0743 e. The molecule has 64 valence electrons. The number of piperazine rings is 1. The summed E-state index contributed by atoms with van der Waals surface area (Å²) in [6.07, 6.45) is 0.594. The van der Waals surface area contributed by atoms with Crippen LogP contribution in [-0.4, -0.2) is 55.8 Å². The third-order valence-corrected chi connectivity index (χ3v) is 2.59. The summed E-state index contributed by atoms with van der Waals surface area (Å²) in [6, 6.07) is 0. The van der Waals surface area contributed by atoms with E-state index < -0.39 is 0 Å². The molecule has 1 atom stereocenters. The van der Waals surface area contributed by atoms with Crippen molar-refractivity contribution >= 4 is 0 Å². The Labute approximate surface area is 67.5 Å². The zero-order chi connectivity index (χ0) is 7.68. The molecule has 2 heterocycles. The van der Waals surface area contributed by atoms with Gasteiger partial charge in [0.25, 0.3) is 0 Å². The maximum Gasteiger partial charge on any atom is 0.0743 e. The van der Waals surface area contributed by atoms with E-state index in [1.165, 1.54) is 13.1 Å². The number of hydrogen-bond acceptors (Lipinski definition) is 4. The van der Waals surface area contributed by atoms with Gasteiger partial charge in [-0.2, -0.15) is 0 Å². The van der Waals surface area contributed by atoms with Crippen LogP contribution in [-0.2, 0) is 0 Å². The number of nitrogens with one attached hydrogen (secondary N) is 2. The van der Waals surface area contributed by atoms with Crippen molar-refractivity contribution in [1.29, 1.82) is 0 Å². The van der Waals surface area contributed by atoms with Gasteiger partial charge in [0.15, 0.2) is 0 Å². The fraction of sp³-hybridized carbons (Fsp3) is 1.00. The van der Waals surface area contributed by atoms with Crippen molar-refractivity contribution in [1.82, 2.24) is 20.7 Å². The second-order valence-corrected chi connectivity index (χ2v) is 3.18. The molecule has 0 radical (unpaired) electrons. The van der Waals surface area contributed by atoms with Crippen LogP contribution in [0.3, 0.4) is 0 Å². The average molecular weight is 156 g/mol. The minimum atomic E-state index is 0.594. The Balaban J connectivity index is 1.91. The van der Waals surface area contributed by atoms with E-state index in [4.69, 9.17) is 0 Å². The number of hydrogen-bond donors (Lipinski definition) is 2. The molecule has 4 nitrogen and oxygen atoms in total. The van der Waals surface area contributed by atoms with E-state index in [1.807, 2.05) is 7.05 Å². The van der Waals surface area contributed by atoms with Gasteiger partial charge in [0, 0.05) is 32.7 Å². The van der Waals surface area contributed by atoms with E-state index in [-0.39, 0.29) is 0 Å². The van der Waals surface area contributed by atoms with E-state index in [0.717, 1.165) is 19.6 Å². The molecule has 11 heavy (non-hydrogen) atoms. The molecule has 2 fully saturated rings. The van der Waals surface area contributed by atoms with Crippen LogP contribution < -0.4 is 10.7 Å². The predicted octanol–water partition coefficient (Wildman–Crippen LogP) is -1.33. The number of hydrazine groups is 1. The summed E-state index contributed by atoms with van der Waals surface area (Å²) in [4.78, 5) is 2.51. The molecule has 0 amide bonds. The van der Waals surface area contributed by atoms with Gasteiger partial charge in [-0.05, 0) is 7.05 Å². The van der Waals surface area contributed by atoms with Gasteiger partial charge in [0.2, 0.25) is 0 Å². The molecule has 2 aliphatic heterocycles. The first-order valence-corrected chi connectivity index (χ1v) is 4.30. The molecule has 0 saturated carbocycles. The molecule has 4 heteroatoms. The van der Waals surface area contributed by atoms with Crippen LogP contribution in [0, 0.1) is 0 Å². The van der Waals surface area contributed by atoms with Gasteiger partial charge in [0.05, 0.1) is 6.17 Å². The minimum absolute atomic E-state index is 0.594. The molecule has 0 bridgehead atoms. The fourth-order valence-electron chi connectivity index (χ4n) is 1.86. The van der Waals surface area contributed by atoms with Crippen LogP contribution in [0.1, 0.15) is 0 Å². The summed E-state index contributed by atoms with van der Waals surface area (Å²) in [6.45, 7) is 5.83. The van der Waals surface area contributed by atoms with Crippen LogP contribution >= 0.6 is 0 Å². The third-order valence-electron chi connectivity index (χ3n) is 2.59. The highest BCUT2D eigenvalue weighted by Crippen LogP contribution is 2.08. The molecule has 0 aliphatic carbocycles. The molecule has 2 N–H and O–H groups in total. The van der Waals surface area contributed by atoms with Crippen molar-refractivity contribution in [3.8, 4) is 0 Å². The van der Waals surface area contributed by atoms with Gasteiger partial charge in [-0.1, -0.05) is 0 Å². The Bertz CT molecular complexity index is 138. The van der Waals surface area contributed by atoms with Gasteiger partial charge in [-0.15, -0.1) is 0 Å². The first kappa shape index (κ1) is 7.49. The van der Waals surface area contributed by atoms with Crippen molar-refractivity contribution in [3.63, 3.8) is 0 Å². The van der Waals surface area contributed by atoms with Crippen LogP contribution in [0.25, 0.3) is 0 Å². The molecule has 0 aromatic heterocycles. The molecule has 1 unspecified atom stereocenters. The Kier molecular flexibility index (Phi) is 2.09. The van der Waals surface area contributed by atoms with Gasteiger partial charge in [-0.25, -0.2) is 5.01 Å². The Hall–Kier alpha value is -0.160. The molecular weight excluding hydrogens is 140 g/mol. The Morgan fingerprint density at radius 1 is 1.36 bits per heavy atom. The predicted molar refractivity (Wildman–Crippen MR) is 44.0 cm³/mol. The lowest BCUT2D eigenvalue weighted by atomic mass is 10.3. The lowest BCUT2D eigenvalue weighted by Gasteiger charge is -2.36. The van der Waals surface area contributed by atoms with E-state index in [9.17, 15) is 0 Å². The van der Waals surface area contributed by atoms with Gasteiger partial charge < -0.3 is 0 Å². The zero-order valence-corrected chi connectivity index (χ0v) is 7.01. The Morgan fingerprint density at radius 2 is 2.27 bits per heavy atom. The molecular formula is C7H16N4. The number of nitrogens with zero attached hydrogens (tertiary/aromatic N) is 2. The summed E-state index contributed by atoms with van der Waals surface area (Å²) >= 11 is 0. The van der Waals surface area contributed by atoms with Gasteiger partial charge in [-0.3, -0.25) is 15.6 Å². The van der Waals surface area contributed by atoms with E-state index in [1.54, 1.807) is 0 Å². The van der Waals surface area contributed by atoms with Crippen LogP contribution in [0.4, 0.5) is 0 Å². The van der Waals surface area contributed by atoms with Crippen molar-refractivity contribution < 1.29 is 0 Å². The molecule has 2 rings (SSSR count). The normalized spacial score (nSPS) is 34.1. The summed E-state index contributed by atoms with van der Waals surface area (Å²) in [5.41, 5.74) is 3.18. The van der Waals surface area contributed by atoms with E-state index in [0.29, 0.717) is 6.17 Å². The lowest BCUT2D eigenvalue weighted by molar-refractivity contribution is 0.0665. The van der Waals surface area contributed by atoms with Gasteiger partial charge >= 0.3 is 0 Å². The highest BCUT2D eigenvalue weighted by Gasteiger charge is 2.29. The standard InChI is InChI=1S/C7H16N4/c1-8-11-5-4-10-3-2-9-7(10)6-11/h7-9H,2-6H2,1H3. The second-order valence-electron chi connectivity index (χ2n) is 3.18. The number of fused-ring (bicyclic) bond motifs is 1. The highest BCUT2D eigenvalue weighted by atomic mass is 15.5. The molecule has 0 aromatic rings. The third kappa shape index (κ3) is 1.39. The van der Waals surface area contributed by atoms with E-state index in [2.05, 4.69) is 20.7 Å². The molecule has 2 aliphatic rings. The van der Waals surface area contributed by atoms with Crippen LogP contribution in [0.15, 0.2) is 0 Å². The van der Waals surface area contributed by atoms with Crippen LogP contribution in [0.2, 0.25) is 0 Å². The SMILES string of the molecule is CNN1CCN2CCNC2C1. The maximum atomic E-state index is 3.47. The summed E-state index contributed by atoms with van der Waals surface area (Å²) in [5, 5.41) is 5.73. The second kappa shape index (κ2) is 3.06. The zero-order valence-electron chi connectivity index (χ0n) is 7.01. The minimum Gasteiger partial charge on any atom is -0.299 e. The average Bonchev–Trinajstić information content (AvgIpc) is 2.50. The number of rotatable bonds is 1. The van der Waals surface area contributed by atoms with Crippen molar-refractivity contribution in [2.45, 2.75) is 6.17 Å². The quantitative estimate of drug-likeness (QED) is 0.492. The largest absolute Gasteiger partial charge is 0.299 e. The lowest BCUT2D eigenvalue weighted by Crippen LogP contribution is -2.56. The topological polar surface area (TPSA) is 30.5 Å². The highest BCUT2D eigenvalue weighted by molar-refractivity contribution is 4.84. The van der Waals surface area contributed by atoms with Crippen LogP contribution in [0.5, 0.6) is 0 Å². The fourth-order valence-corrected chi connectivity index (χ4v) is 1.86. The Morgan fingerprint density at radius 3 is 3.09 bits per heavy atom.